The van der Waals surface area contributed by atoms with E-state index in [2.05, 4.69) is 26.5 Å². The fraction of sp³-hybridized carbons (Fsp3) is 0.545. The summed E-state index contributed by atoms with van der Waals surface area (Å²) in [6, 6.07) is 2.10. The molecule has 0 aliphatic rings. The van der Waals surface area contributed by atoms with Crippen LogP contribution in [0.1, 0.15) is 12.5 Å². The first-order valence-corrected chi connectivity index (χ1v) is 5.85. The minimum absolute atomic E-state index is 0.0707. The van der Waals surface area contributed by atoms with Gasteiger partial charge in [0, 0.05) is 13.1 Å². The third kappa shape index (κ3) is 4.01. The van der Waals surface area contributed by atoms with Crippen LogP contribution >= 0.6 is 11.3 Å². The van der Waals surface area contributed by atoms with E-state index in [0.29, 0.717) is 0 Å². The summed E-state index contributed by atoms with van der Waals surface area (Å²) in [6.07, 6.45) is 0. The molecular weight excluding hydrogens is 210 g/mol. The summed E-state index contributed by atoms with van der Waals surface area (Å²) in [5.74, 6) is -0.217. The Labute approximate surface area is 94.7 Å². The van der Waals surface area contributed by atoms with Crippen LogP contribution in [0.4, 0.5) is 0 Å². The maximum Gasteiger partial charge on any atom is 0.309 e. The van der Waals surface area contributed by atoms with Gasteiger partial charge in [0.2, 0.25) is 0 Å². The molecule has 0 aliphatic carbocycles. The van der Waals surface area contributed by atoms with Crippen molar-refractivity contribution < 1.29 is 9.53 Å². The first-order valence-electron chi connectivity index (χ1n) is 4.91. The summed E-state index contributed by atoms with van der Waals surface area (Å²) in [7, 11) is 3.44. The maximum atomic E-state index is 11.2. The zero-order valence-corrected chi connectivity index (χ0v) is 10.2. The van der Waals surface area contributed by atoms with E-state index in [1.807, 2.05) is 14.0 Å². The number of ether oxygens (including phenoxy) is 1. The smallest absolute Gasteiger partial charge is 0.309 e. The van der Waals surface area contributed by atoms with Gasteiger partial charge in [-0.2, -0.15) is 11.3 Å². The number of carbonyl (C=O) groups is 1. The standard InChI is InChI=1S/C11H17NO2S/c1-9(11(13)14-3)6-12(2)7-10-4-5-15-8-10/h4-5,8-9H,6-7H2,1-3H3. The zero-order chi connectivity index (χ0) is 11.3. The van der Waals surface area contributed by atoms with Crippen LogP contribution in [0.2, 0.25) is 0 Å². The van der Waals surface area contributed by atoms with Gasteiger partial charge in [-0.1, -0.05) is 6.92 Å². The number of hydrogen-bond donors (Lipinski definition) is 0. The molecule has 1 aromatic rings. The number of rotatable bonds is 5. The quantitative estimate of drug-likeness (QED) is 0.720. The third-order valence-corrected chi connectivity index (χ3v) is 2.95. The van der Waals surface area contributed by atoms with Crippen LogP contribution in [-0.2, 0) is 16.1 Å². The highest BCUT2D eigenvalue weighted by molar-refractivity contribution is 7.07. The number of esters is 1. The van der Waals surface area contributed by atoms with Gasteiger partial charge in [-0.3, -0.25) is 4.79 Å². The lowest BCUT2D eigenvalue weighted by molar-refractivity contribution is -0.145. The summed E-state index contributed by atoms with van der Waals surface area (Å²) >= 11 is 1.69. The number of methoxy groups -OCH3 is 1. The predicted molar refractivity (Wildman–Crippen MR) is 61.8 cm³/mol. The van der Waals surface area contributed by atoms with Crippen molar-refractivity contribution in [3.63, 3.8) is 0 Å². The summed E-state index contributed by atoms with van der Waals surface area (Å²) in [4.78, 5) is 13.3. The van der Waals surface area contributed by atoms with Crippen molar-refractivity contribution in [3.8, 4) is 0 Å². The molecule has 0 radical (unpaired) electrons. The van der Waals surface area contributed by atoms with E-state index in [4.69, 9.17) is 0 Å². The normalized spacial score (nSPS) is 12.8. The SMILES string of the molecule is COC(=O)C(C)CN(C)Cc1ccsc1. The van der Waals surface area contributed by atoms with Crippen molar-refractivity contribution in [1.82, 2.24) is 4.90 Å². The molecule has 0 fully saturated rings. The van der Waals surface area contributed by atoms with E-state index in [1.165, 1.54) is 12.7 Å². The van der Waals surface area contributed by atoms with Crippen LogP contribution in [0.15, 0.2) is 16.8 Å². The largest absolute Gasteiger partial charge is 0.469 e. The van der Waals surface area contributed by atoms with Crippen LogP contribution in [0.5, 0.6) is 0 Å². The fourth-order valence-corrected chi connectivity index (χ4v) is 2.16. The summed E-state index contributed by atoms with van der Waals surface area (Å²) < 4.78 is 4.68. The molecule has 4 heteroatoms. The van der Waals surface area contributed by atoms with Crippen molar-refractivity contribution in [3.05, 3.63) is 22.4 Å². The van der Waals surface area contributed by atoms with Crippen molar-refractivity contribution >= 4 is 17.3 Å². The molecular formula is C11H17NO2S. The molecule has 0 amide bonds. The Morgan fingerprint density at radius 1 is 1.67 bits per heavy atom. The van der Waals surface area contributed by atoms with E-state index < -0.39 is 0 Å². The van der Waals surface area contributed by atoms with Crippen LogP contribution in [0.3, 0.4) is 0 Å². The zero-order valence-electron chi connectivity index (χ0n) is 9.40. The Morgan fingerprint density at radius 2 is 2.40 bits per heavy atom. The highest BCUT2D eigenvalue weighted by atomic mass is 32.1. The Kier molecular flexibility index (Phi) is 4.78. The lowest BCUT2D eigenvalue weighted by Crippen LogP contribution is -2.28. The summed E-state index contributed by atoms with van der Waals surface area (Å²) in [5, 5.41) is 4.19. The Morgan fingerprint density at radius 3 is 2.93 bits per heavy atom. The van der Waals surface area contributed by atoms with Gasteiger partial charge in [-0.25, -0.2) is 0 Å². The van der Waals surface area contributed by atoms with Crippen LogP contribution in [-0.4, -0.2) is 31.6 Å². The highest BCUT2D eigenvalue weighted by Gasteiger charge is 2.15. The molecule has 1 aromatic heterocycles. The lowest BCUT2D eigenvalue weighted by atomic mass is 10.1. The van der Waals surface area contributed by atoms with Gasteiger partial charge < -0.3 is 9.64 Å². The van der Waals surface area contributed by atoms with Crippen molar-refractivity contribution in [2.75, 3.05) is 20.7 Å². The van der Waals surface area contributed by atoms with Gasteiger partial charge in [-0.05, 0) is 29.4 Å². The molecule has 1 heterocycles. The Balaban J connectivity index is 2.35. The van der Waals surface area contributed by atoms with Gasteiger partial charge in [-0.15, -0.1) is 0 Å². The van der Waals surface area contributed by atoms with Crippen LogP contribution in [0.25, 0.3) is 0 Å². The monoisotopic (exact) mass is 227 g/mol. The maximum absolute atomic E-state index is 11.2. The van der Waals surface area contributed by atoms with E-state index in [1.54, 1.807) is 11.3 Å². The van der Waals surface area contributed by atoms with Crippen molar-refractivity contribution in [2.24, 2.45) is 5.92 Å². The minimum Gasteiger partial charge on any atom is -0.469 e. The van der Waals surface area contributed by atoms with Gasteiger partial charge in [0.1, 0.15) is 0 Å². The van der Waals surface area contributed by atoms with Gasteiger partial charge >= 0.3 is 5.97 Å². The summed E-state index contributed by atoms with van der Waals surface area (Å²) in [6.45, 7) is 3.49. The van der Waals surface area contributed by atoms with Crippen molar-refractivity contribution in [2.45, 2.75) is 13.5 Å². The van der Waals surface area contributed by atoms with Crippen LogP contribution in [0, 0.1) is 5.92 Å². The Bertz CT molecular complexity index is 298. The first kappa shape index (κ1) is 12.2. The molecule has 15 heavy (non-hydrogen) atoms. The molecule has 0 saturated heterocycles. The molecule has 0 aliphatic heterocycles. The molecule has 0 spiro atoms. The van der Waals surface area contributed by atoms with E-state index in [9.17, 15) is 4.79 Å². The highest BCUT2D eigenvalue weighted by Crippen LogP contribution is 2.10. The molecule has 1 atom stereocenters. The molecule has 0 aromatic carbocycles. The van der Waals surface area contributed by atoms with E-state index in [0.717, 1.165) is 13.1 Å². The first-order chi connectivity index (χ1) is 7.13. The molecule has 0 saturated carbocycles. The second-order valence-electron chi connectivity index (χ2n) is 3.75. The number of thiophene rings is 1. The van der Waals surface area contributed by atoms with E-state index >= 15 is 0 Å². The van der Waals surface area contributed by atoms with Gasteiger partial charge in [0.05, 0.1) is 13.0 Å². The molecule has 1 rings (SSSR count). The number of carbonyl (C=O) groups excluding carboxylic acids is 1. The molecule has 1 unspecified atom stereocenters. The number of nitrogens with zero attached hydrogens (tertiary/aromatic N) is 1. The third-order valence-electron chi connectivity index (χ3n) is 2.22. The predicted octanol–water partition coefficient (Wildman–Crippen LogP) is 1.99. The minimum atomic E-state index is -0.146. The Hall–Kier alpha value is -0.870. The van der Waals surface area contributed by atoms with Crippen molar-refractivity contribution in [1.29, 1.82) is 0 Å². The molecule has 0 bridgehead atoms. The van der Waals surface area contributed by atoms with E-state index in [-0.39, 0.29) is 11.9 Å². The molecule has 0 N–H and O–H groups in total. The lowest BCUT2D eigenvalue weighted by Gasteiger charge is -2.19. The average Bonchev–Trinajstić information content (AvgIpc) is 2.68. The number of hydrogen-bond acceptors (Lipinski definition) is 4. The fourth-order valence-electron chi connectivity index (χ4n) is 1.50. The topological polar surface area (TPSA) is 29.5 Å². The summed E-state index contributed by atoms with van der Waals surface area (Å²) in [5.41, 5.74) is 1.29. The molecule has 84 valence electrons. The average molecular weight is 227 g/mol. The second-order valence-corrected chi connectivity index (χ2v) is 4.53. The van der Waals surface area contributed by atoms with Gasteiger partial charge in [0.25, 0.3) is 0 Å². The van der Waals surface area contributed by atoms with Crippen LogP contribution < -0.4 is 0 Å². The van der Waals surface area contributed by atoms with Gasteiger partial charge in [0.15, 0.2) is 0 Å². The molecule has 3 nitrogen and oxygen atoms in total. The second kappa shape index (κ2) is 5.88.